The van der Waals surface area contributed by atoms with Crippen molar-refractivity contribution in [3.63, 3.8) is 0 Å². The number of hydrogen-bond donors (Lipinski definition) is 1. The molecule has 3 rings (SSSR count). The molecule has 3 heterocycles. The Balaban J connectivity index is 2.00. The van der Waals surface area contributed by atoms with E-state index in [1.54, 1.807) is 29.8 Å². The first-order valence-electron chi connectivity index (χ1n) is 7.16. The second-order valence-electron chi connectivity index (χ2n) is 5.73. The van der Waals surface area contributed by atoms with E-state index in [0.717, 1.165) is 29.3 Å². The molecule has 0 aromatic carbocycles. The van der Waals surface area contributed by atoms with Crippen LogP contribution >= 0.6 is 22.7 Å². The molecule has 0 bridgehead atoms. The highest BCUT2D eigenvalue weighted by Gasteiger charge is 2.45. The van der Waals surface area contributed by atoms with Crippen LogP contribution in [0.25, 0.3) is 0 Å². The summed E-state index contributed by atoms with van der Waals surface area (Å²) in [6.07, 6.45) is 1.06. The van der Waals surface area contributed by atoms with Crippen molar-refractivity contribution in [2.24, 2.45) is 5.92 Å². The van der Waals surface area contributed by atoms with Gasteiger partial charge in [0, 0.05) is 35.9 Å². The lowest BCUT2D eigenvalue weighted by Gasteiger charge is -2.43. The smallest absolute Gasteiger partial charge is 0.137 e. The molecule has 1 fully saturated rings. The van der Waals surface area contributed by atoms with Crippen LogP contribution in [0.1, 0.15) is 16.2 Å². The summed E-state index contributed by atoms with van der Waals surface area (Å²) in [5.41, 5.74) is -0.909. The number of aliphatic hydroxyl groups is 1. The lowest BCUT2D eigenvalue weighted by Crippen LogP contribution is -2.50. The van der Waals surface area contributed by atoms with Crippen molar-refractivity contribution in [1.29, 1.82) is 0 Å². The van der Waals surface area contributed by atoms with Crippen molar-refractivity contribution in [2.45, 2.75) is 18.1 Å². The van der Waals surface area contributed by atoms with E-state index in [-0.39, 0.29) is 12.0 Å². The molecule has 0 radical (unpaired) electrons. The van der Waals surface area contributed by atoms with E-state index in [1.807, 2.05) is 35.0 Å². The van der Waals surface area contributed by atoms with Crippen LogP contribution in [-0.2, 0) is 10.3 Å². The number of nitrogens with zero attached hydrogens (tertiary/aromatic N) is 1. The average Bonchev–Trinajstić information content (AvgIpc) is 3.18. The van der Waals surface area contributed by atoms with Gasteiger partial charge in [-0.15, -0.1) is 22.7 Å². The maximum Gasteiger partial charge on any atom is 0.137 e. The first-order chi connectivity index (χ1) is 10.1. The third kappa shape index (κ3) is 2.81. The largest absolute Gasteiger partial charge is 0.380 e. The van der Waals surface area contributed by atoms with Gasteiger partial charge in [0.15, 0.2) is 0 Å². The predicted octanol–water partition coefficient (Wildman–Crippen LogP) is 3.01. The zero-order valence-electron chi connectivity index (χ0n) is 12.4. The number of ether oxygens (including phenoxy) is 1. The second kappa shape index (κ2) is 6.18. The van der Waals surface area contributed by atoms with Crippen molar-refractivity contribution >= 4 is 22.7 Å². The summed E-state index contributed by atoms with van der Waals surface area (Å²) in [7, 11) is 3.86. The molecule has 2 aromatic heterocycles. The van der Waals surface area contributed by atoms with Crippen molar-refractivity contribution in [3.05, 3.63) is 44.8 Å². The standard InChI is InChI=1S/C16H21NO2S2/c1-17-10-12(9-13(11-17)19-2)16(18,14-5-3-7-20-14)15-6-4-8-21-15/h3-8,12-13,18H,9-11H2,1-2H3/t12-,13-/m0/s1. The predicted molar refractivity (Wildman–Crippen MR) is 88.0 cm³/mol. The number of piperidine rings is 1. The number of hydrogen-bond acceptors (Lipinski definition) is 5. The van der Waals surface area contributed by atoms with Crippen molar-refractivity contribution in [3.8, 4) is 0 Å². The summed E-state index contributed by atoms with van der Waals surface area (Å²) < 4.78 is 5.58. The van der Waals surface area contributed by atoms with Crippen LogP contribution in [0.15, 0.2) is 35.0 Å². The topological polar surface area (TPSA) is 32.7 Å². The van der Waals surface area contributed by atoms with Crippen LogP contribution in [0, 0.1) is 5.92 Å². The van der Waals surface area contributed by atoms with Gasteiger partial charge in [-0.3, -0.25) is 0 Å². The fraction of sp³-hybridized carbons (Fsp3) is 0.500. The minimum Gasteiger partial charge on any atom is -0.380 e. The molecule has 3 nitrogen and oxygen atoms in total. The van der Waals surface area contributed by atoms with E-state index < -0.39 is 5.60 Å². The molecule has 1 N–H and O–H groups in total. The number of methoxy groups -OCH3 is 1. The molecular weight excluding hydrogens is 302 g/mol. The van der Waals surface area contributed by atoms with Crippen LogP contribution in [0.2, 0.25) is 0 Å². The molecule has 114 valence electrons. The van der Waals surface area contributed by atoms with Gasteiger partial charge in [0.1, 0.15) is 5.60 Å². The highest BCUT2D eigenvalue weighted by molar-refractivity contribution is 7.11. The van der Waals surface area contributed by atoms with E-state index in [1.165, 1.54) is 0 Å². The third-order valence-electron chi connectivity index (χ3n) is 4.31. The first-order valence-corrected chi connectivity index (χ1v) is 8.92. The van der Waals surface area contributed by atoms with Crippen molar-refractivity contribution < 1.29 is 9.84 Å². The molecule has 1 saturated heterocycles. The molecule has 2 aromatic rings. The van der Waals surface area contributed by atoms with E-state index in [2.05, 4.69) is 11.9 Å². The van der Waals surface area contributed by atoms with E-state index in [4.69, 9.17) is 4.74 Å². The molecule has 0 aliphatic carbocycles. The molecule has 0 saturated carbocycles. The van der Waals surface area contributed by atoms with Crippen LogP contribution < -0.4 is 0 Å². The zero-order valence-corrected chi connectivity index (χ0v) is 14.0. The van der Waals surface area contributed by atoms with Gasteiger partial charge >= 0.3 is 0 Å². The number of thiophene rings is 2. The molecule has 2 atom stereocenters. The molecule has 1 aliphatic heterocycles. The van der Waals surface area contributed by atoms with Gasteiger partial charge < -0.3 is 14.7 Å². The summed E-state index contributed by atoms with van der Waals surface area (Å²) >= 11 is 3.26. The average molecular weight is 323 g/mol. The van der Waals surface area contributed by atoms with Crippen LogP contribution in [-0.4, -0.2) is 43.4 Å². The summed E-state index contributed by atoms with van der Waals surface area (Å²) in [5, 5.41) is 15.7. The van der Waals surface area contributed by atoms with Gasteiger partial charge in [-0.25, -0.2) is 0 Å². The first kappa shape index (κ1) is 15.2. The lowest BCUT2D eigenvalue weighted by molar-refractivity contribution is -0.0583. The molecular formula is C16H21NO2S2. The van der Waals surface area contributed by atoms with Gasteiger partial charge in [0.05, 0.1) is 6.10 Å². The van der Waals surface area contributed by atoms with Crippen LogP contribution in [0.3, 0.4) is 0 Å². The quantitative estimate of drug-likeness (QED) is 0.939. The zero-order chi connectivity index (χ0) is 14.9. The Labute approximate surface area is 133 Å². The van der Waals surface area contributed by atoms with E-state index in [9.17, 15) is 5.11 Å². The van der Waals surface area contributed by atoms with Crippen LogP contribution in [0.4, 0.5) is 0 Å². The highest BCUT2D eigenvalue weighted by Crippen LogP contribution is 2.44. The summed E-state index contributed by atoms with van der Waals surface area (Å²) in [5.74, 6) is 0.137. The Kier molecular flexibility index (Phi) is 4.47. The van der Waals surface area contributed by atoms with Crippen molar-refractivity contribution in [2.75, 3.05) is 27.2 Å². The van der Waals surface area contributed by atoms with Gasteiger partial charge in [-0.05, 0) is 36.4 Å². The van der Waals surface area contributed by atoms with E-state index >= 15 is 0 Å². The monoisotopic (exact) mass is 323 g/mol. The molecule has 1 aliphatic rings. The van der Waals surface area contributed by atoms with E-state index in [0.29, 0.717) is 0 Å². The molecule has 5 heteroatoms. The summed E-state index contributed by atoms with van der Waals surface area (Å²) in [6.45, 7) is 1.81. The lowest BCUT2D eigenvalue weighted by atomic mass is 9.78. The third-order valence-corrected chi connectivity index (χ3v) is 6.30. The second-order valence-corrected chi connectivity index (χ2v) is 7.63. The summed E-state index contributed by atoms with van der Waals surface area (Å²) in [6, 6.07) is 8.11. The van der Waals surface area contributed by atoms with Gasteiger partial charge in [-0.1, -0.05) is 12.1 Å². The summed E-state index contributed by atoms with van der Waals surface area (Å²) in [4.78, 5) is 4.31. The molecule has 21 heavy (non-hydrogen) atoms. The normalized spacial score (nSPS) is 24.3. The fourth-order valence-electron chi connectivity index (χ4n) is 3.25. The number of likely N-dealkylation sites (N-methyl/N-ethyl adjacent to an activating group) is 1. The fourth-order valence-corrected chi connectivity index (χ4v) is 5.15. The Morgan fingerprint density at radius 3 is 2.29 bits per heavy atom. The Hall–Kier alpha value is -0.720. The molecule has 0 unspecified atom stereocenters. The molecule has 0 spiro atoms. The van der Waals surface area contributed by atoms with Crippen molar-refractivity contribution in [1.82, 2.24) is 4.90 Å². The highest BCUT2D eigenvalue weighted by atomic mass is 32.1. The van der Waals surface area contributed by atoms with Gasteiger partial charge in [-0.2, -0.15) is 0 Å². The minimum absolute atomic E-state index is 0.137. The van der Waals surface area contributed by atoms with Crippen LogP contribution in [0.5, 0.6) is 0 Å². The Morgan fingerprint density at radius 2 is 1.81 bits per heavy atom. The number of likely N-dealkylation sites (tertiary alicyclic amines) is 1. The SMILES string of the molecule is CO[C@H]1C[C@H](C(O)(c2cccs2)c2cccs2)CN(C)C1. The van der Waals surface area contributed by atoms with Gasteiger partial charge in [0.2, 0.25) is 0 Å². The number of rotatable bonds is 4. The Bertz CT molecular complexity index is 519. The Morgan fingerprint density at radius 1 is 1.19 bits per heavy atom. The molecule has 0 amide bonds. The minimum atomic E-state index is -0.909. The maximum atomic E-state index is 11.6. The maximum absolute atomic E-state index is 11.6. The van der Waals surface area contributed by atoms with Gasteiger partial charge in [0.25, 0.3) is 0 Å².